The third-order valence-corrected chi connectivity index (χ3v) is 6.73. The lowest BCUT2D eigenvalue weighted by molar-refractivity contribution is 0.636. The Balaban J connectivity index is 1.53. The fraction of sp³-hybridized carbons (Fsp3) is 0.364. The van der Waals surface area contributed by atoms with Crippen LogP contribution in [0, 0.1) is 0 Å². The van der Waals surface area contributed by atoms with E-state index in [2.05, 4.69) is 26.5 Å². The average molecular weight is 405 g/mol. The zero-order chi connectivity index (χ0) is 19.6. The number of aryl methyl sites for hydroxylation is 3. The number of hydrogen-bond acceptors (Lipinski definition) is 6. The molecule has 4 aromatic heterocycles. The summed E-state index contributed by atoms with van der Waals surface area (Å²) in [7, 11) is 2.15. The molecule has 1 aliphatic carbocycles. The van der Waals surface area contributed by atoms with E-state index in [-0.39, 0.29) is 0 Å². The number of nitrogens with zero attached hydrogens (tertiary/aromatic N) is 6. The highest BCUT2D eigenvalue weighted by molar-refractivity contribution is 7.19. The molecule has 0 saturated carbocycles. The van der Waals surface area contributed by atoms with Gasteiger partial charge in [0.25, 0.3) is 0 Å². The quantitative estimate of drug-likeness (QED) is 0.478. The zero-order valence-corrected chi connectivity index (χ0v) is 17.4. The van der Waals surface area contributed by atoms with E-state index in [1.54, 1.807) is 6.20 Å². The first-order valence-corrected chi connectivity index (χ1v) is 11.0. The molecular formula is C22H24N6S. The second kappa shape index (κ2) is 7.91. The van der Waals surface area contributed by atoms with Crippen molar-refractivity contribution in [1.82, 2.24) is 24.5 Å². The maximum absolute atomic E-state index is 5.03. The van der Waals surface area contributed by atoms with Gasteiger partial charge in [-0.05, 0) is 49.8 Å². The largest absolute Gasteiger partial charge is 0.359 e. The van der Waals surface area contributed by atoms with Crippen molar-refractivity contribution in [2.75, 3.05) is 18.5 Å². The van der Waals surface area contributed by atoms with Gasteiger partial charge in [-0.25, -0.2) is 15.0 Å². The van der Waals surface area contributed by atoms with Gasteiger partial charge in [-0.3, -0.25) is 4.98 Å². The molecule has 0 spiro atoms. The molecular weight excluding hydrogens is 380 g/mol. The molecule has 0 aromatic carbocycles. The third-order valence-electron chi connectivity index (χ3n) is 5.55. The normalized spacial score (nSPS) is 13.6. The van der Waals surface area contributed by atoms with Gasteiger partial charge in [0, 0.05) is 55.4 Å². The van der Waals surface area contributed by atoms with Crippen LogP contribution in [-0.2, 0) is 19.4 Å². The van der Waals surface area contributed by atoms with Crippen LogP contribution >= 0.6 is 11.3 Å². The van der Waals surface area contributed by atoms with E-state index in [0.717, 1.165) is 48.0 Å². The van der Waals surface area contributed by atoms with Gasteiger partial charge in [0.2, 0.25) is 0 Å². The van der Waals surface area contributed by atoms with Gasteiger partial charge in [0.15, 0.2) is 5.82 Å². The minimum atomic E-state index is 0.764. The molecule has 1 aliphatic rings. The van der Waals surface area contributed by atoms with Crippen molar-refractivity contribution in [1.29, 1.82) is 0 Å². The van der Waals surface area contributed by atoms with Crippen LogP contribution in [0.4, 0.5) is 5.82 Å². The molecule has 5 rings (SSSR count). The summed E-state index contributed by atoms with van der Waals surface area (Å²) in [4.78, 5) is 23.3. The van der Waals surface area contributed by atoms with Crippen LogP contribution in [-0.4, -0.2) is 38.1 Å². The minimum Gasteiger partial charge on any atom is -0.359 e. The molecule has 0 bridgehead atoms. The highest BCUT2D eigenvalue weighted by Crippen LogP contribution is 2.40. The molecule has 0 N–H and O–H groups in total. The lowest BCUT2D eigenvalue weighted by Crippen LogP contribution is -2.22. The number of imidazole rings is 1. The van der Waals surface area contributed by atoms with Crippen LogP contribution < -0.4 is 4.90 Å². The summed E-state index contributed by atoms with van der Waals surface area (Å²) < 4.78 is 2.12. The van der Waals surface area contributed by atoms with Crippen LogP contribution in [0.25, 0.3) is 21.6 Å². The number of hydrogen-bond donors (Lipinski definition) is 0. The number of anilines is 1. The Labute approximate surface area is 174 Å². The molecule has 0 unspecified atom stereocenters. The summed E-state index contributed by atoms with van der Waals surface area (Å²) in [6.45, 7) is 1.89. The highest BCUT2D eigenvalue weighted by atomic mass is 32.1. The highest BCUT2D eigenvalue weighted by Gasteiger charge is 2.23. The van der Waals surface area contributed by atoms with Gasteiger partial charge in [-0.15, -0.1) is 11.3 Å². The van der Waals surface area contributed by atoms with Crippen LogP contribution in [0.5, 0.6) is 0 Å². The summed E-state index contributed by atoms with van der Waals surface area (Å²) in [6.07, 6.45) is 15.2. The maximum Gasteiger partial charge on any atom is 0.164 e. The van der Waals surface area contributed by atoms with E-state index in [1.165, 1.54) is 35.1 Å². The summed E-state index contributed by atoms with van der Waals surface area (Å²) in [5, 5.41) is 1.27. The van der Waals surface area contributed by atoms with E-state index in [4.69, 9.17) is 9.97 Å². The first kappa shape index (κ1) is 18.2. The standard InChI is InChI=1S/C22H24N6S/c1-27(11-5-12-28-13-10-24-15-28)21-19-17-7-2-3-8-18(17)29-22(19)26-20(25-21)16-6-4-9-23-14-16/h4,6,9-10,13-15H,2-3,5,7-8,11-12H2,1H3. The van der Waals surface area contributed by atoms with E-state index in [1.807, 2.05) is 48.4 Å². The lowest BCUT2D eigenvalue weighted by Gasteiger charge is -2.21. The van der Waals surface area contributed by atoms with E-state index < -0.39 is 0 Å². The number of fused-ring (bicyclic) bond motifs is 3. The van der Waals surface area contributed by atoms with Crippen molar-refractivity contribution in [2.45, 2.75) is 38.6 Å². The Kier molecular flexibility index (Phi) is 4.97. The molecule has 4 heterocycles. The van der Waals surface area contributed by atoms with E-state index in [0.29, 0.717) is 0 Å². The van der Waals surface area contributed by atoms with Gasteiger partial charge in [0.1, 0.15) is 10.6 Å². The molecule has 148 valence electrons. The molecule has 0 fully saturated rings. The summed E-state index contributed by atoms with van der Waals surface area (Å²) in [5.74, 6) is 1.82. The molecule has 0 aliphatic heterocycles. The minimum absolute atomic E-state index is 0.764. The van der Waals surface area contributed by atoms with Gasteiger partial charge >= 0.3 is 0 Å². The molecule has 0 saturated heterocycles. The molecule has 29 heavy (non-hydrogen) atoms. The summed E-state index contributed by atoms with van der Waals surface area (Å²) in [5.41, 5.74) is 2.44. The first-order chi connectivity index (χ1) is 14.3. The Morgan fingerprint density at radius 1 is 1.14 bits per heavy atom. The predicted molar refractivity (Wildman–Crippen MR) is 117 cm³/mol. The zero-order valence-electron chi connectivity index (χ0n) is 16.6. The monoisotopic (exact) mass is 404 g/mol. The predicted octanol–water partition coefficient (Wildman–Crippen LogP) is 4.36. The number of rotatable bonds is 6. The maximum atomic E-state index is 5.03. The first-order valence-electron chi connectivity index (χ1n) is 10.2. The van der Waals surface area contributed by atoms with Crippen molar-refractivity contribution in [3.8, 4) is 11.4 Å². The molecule has 4 aromatic rings. The number of thiophene rings is 1. The second-order valence-corrected chi connectivity index (χ2v) is 8.66. The second-order valence-electron chi connectivity index (χ2n) is 7.58. The van der Waals surface area contributed by atoms with Gasteiger partial charge in [0.05, 0.1) is 11.7 Å². The van der Waals surface area contributed by atoms with Crippen molar-refractivity contribution >= 4 is 27.4 Å². The Hall–Kier alpha value is -2.80. The number of aromatic nitrogens is 5. The van der Waals surface area contributed by atoms with Crippen molar-refractivity contribution < 1.29 is 0 Å². The molecule has 6 nitrogen and oxygen atoms in total. The Morgan fingerprint density at radius 2 is 2.07 bits per heavy atom. The lowest BCUT2D eigenvalue weighted by atomic mass is 9.97. The van der Waals surface area contributed by atoms with Gasteiger partial charge in [-0.2, -0.15) is 0 Å². The van der Waals surface area contributed by atoms with E-state index in [9.17, 15) is 0 Å². The SMILES string of the molecule is CN(CCCn1ccnc1)c1nc(-c2cccnc2)nc2sc3c(c12)CCCC3. The topological polar surface area (TPSA) is 59.7 Å². The van der Waals surface area contributed by atoms with Gasteiger partial charge in [-0.1, -0.05) is 0 Å². The van der Waals surface area contributed by atoms with Crippen LogP contribution in [0.1, 0.15) is 29.7 Å². The Bertz CT molecular complexity index is 1100. The van der Waals surface area contributed by atoms with Crippen molar-refractivity contribution in [2.24, 2.45) is 0 Å². The third kappa shape index (κ3) is 3.62. The average Bonchev–Trinajstić information content (AvgIpc) is 3.41. The molecule has 0 atom stereocenters. The molecule has 0 radical (unpaired) electrons. The molecule has 0 amide bonds. The van der Waals surface area contributed by atoms with Crippen LogP contribution in [0.2, 0.25) is 0 Å². The molecule has 7 heteroatoms. The van der Waals surface area contributed by atoms with Gasteiger partial charge < -0.3 is 9.47 Å². The Morgan fingerprint density at radius 3 is 2.90 bits per heavy atom. The fourth-order valence-corrected chi connectivity index (χ4v) is 5.31. The smallest absolute Gasteiger partial charge is 0.164 e. The van der Waals surface area contributed by atoms with Crippen LogP contribution in [0.15, 0.2) is 43.2 Å². The van der Waals surface area contributed by atoms with Crippen molar-refractivity contribution in [3.05, 3.63) is 53.7 Å². The summed E-state index contributed by atoms with van der Waals surface area (Å²) >= 11 is 1.85. The number of pyridine rings is 1. The van der Waals surface area contributed by atoms with Crippen molar-refractivity contribution in [3.63, 3.8) is 0 Å². The summed E-state index contributed by atoms with van der Waals surface area (Å²) in [6, 6.07) is 3.97. The fourth-order valence-electron chi connectivity index (χ4n) is 4.05. The van der Waals surface area contributed by atoms with E-state index >= 15 is 0 Å². The van der Waals surface area contributed by atoms with Crippen LogP contribution in [0.3, 0.4) is 0 Å².